The van der Waals surface area contributed by atoms with Crippen LogP contribution in [-0.2, 0) is 6.42 Å². The van der Waals surface area contributed by atoms with Crippen LogP contribution in [0, 0.1) is 11.3 Å². The zero-order chi connectivity index (χ0) is 12.5. The standard InChI is InChI=1S/C15H20BrN/c1-2-3-4-5-6-7-8-13-11-15(16)10-9-14(13)12-17/h9-11H,2-8H2,1H3. The maximum absolute atomic E-state index is 9.02. The van der Waals surface area contributed by atoms with Gasteiger partial charge in [-0.1, -0.05) is 55.0 Å². The first-order valence-corrected chi connectivity index (χ1v) is 7.25. The molecule has 2 heteroatoms. The van der Waals surface area contributed by atoms with Crippen LogP contribution in [0.4, 0.5) is 0 Å². The Balaban J connectivity index is 2.36. The van der Waals surface area contributed by atoms with E-state index in [0.717, 1.165) is 16.5 Å². The van der Waals surface area contributed by atoms with Gasteiger partial charge >= 0.3 is 0 Å². The van der Waals surface area contributed by atoms with E-state index in [-0.39, 0.29) is 0 Å². The number of benzene rings is 1. The summed E-state index contributed by atoms with van der Waals surface area (Å²) in [4.78, 5) is 0. The molecule has 0 amide bonds. The number of rotatable bonds is 7. The molecule has 92 valence electrons. The second-order valence-electron chi connectivity index (χ2n) is 4.43. The normalized spacial score (nSPS) is 10.2. The molecule has 1 rings (SSSR count). The van der Waals surface area contributed by atoms with Crippen LogP contribution in [0.1, 0.15) is 56.6 Å². The van der Waals surface area contributed by atoms with Gasteiger partial charge in [-0.25, -0.2) is 0 Å². The molecule has 0 saturated carbocycles. The molecule has 0 radical (unpaired) electrons. The lowest BCUT2D eigenvalue weighted by Crippen LogP contribution is -1.91. The van der Waals surface area contributed by atoms with Crippen LogP contribution in [-0.4, -0.2) is 0 Å². The van der Waals surface area contributed by atoms with Crippen LogP contribution < -0.4 is 0 Å². The molecular weight excluding hydrogens is 274 g/mol. The molecule has 0 heterocycles. The van der Waals surface area contributed by atoms with Crippen molar-refractivity contribution in [3.63, 3.8) is 0 Å². The fraction of sp³-hybridized carbons (Fsp3) is 0.533. The van der Waals surface area contributed by atoms with Crippen molar-refractivity contribution in [1.29, 1.82) is 5.26 Å². The summed E-state index contributed by atoms with van der Waals surface area (Å²) in [6.45, 7) is 2.24. The van der Waals surface area contributed by atoms with Crippen molar-refractivity contribution in [2.45, 2.75) is 51.9 Å². The fourth-order valence-electron chi connectivity index (χ4n) is 1.97. The molecule has 0 aromatic heterocycles. The minimum Gasteiger partial charge on any atom is -0.192 e. The van der Waals surface area contributed by atoms with Crippen LogP contribution in [0.3, 0.4) is 0 Å². The van der Waals surface area contributed by atoms with Crippen LogP contribution in [0.5, 0.6) is 0 Å². The van der Waals surface area contributed by atoms with Crippen LogP contribution in [0.15, 0.2) is 22.7 Å². The van der Waals surface area contributed by atoms with Gasteiger partial charge in [0.25, 0.3) is 0 Å². The molecule has 1 aromatic rings. The molecule has 1 nitrogen and oxygen atoms in total. The molecule has 0 aliphatic carbocycles. The van der Waals surface area contributed by atoms with E-state index >= 15 is 0 Å². The fourth-order valence-corrected chi connectivity index (χ4v) is 2.38. The second-order valence-corrected chi connectivity index (χ2v) is 5.35. The first kappa shape index (κ1) is 14.3. The van der Waals surface area contributed by atoms with Crippen LogP contribution >= 0.6 is 15.9 Å². The number of nitriles is 1. The Labute approximate surface area is 113 Å². The Bertz CT molecular complexity index is 379. The van der Waals surface area contributed by atoms with Crippen molar-refractivity contribution in [3.8, 4) is 6.07 Å². The molecule has 1 aromatic carbocycles. The number of halogens is 1. The zero-order valence-corrected chi connectivity index (χ0v) is 12.1. The van der Waals surface area contributed by atoms with E-state index in [2.05, 4.69) is 35.0 Å². The molecule has 0 aliphatic rings. The highest BCUT2D eigenvalue weighted by molar-refractivity contribution is 9.10. The van der Waals surface area contributed by atoms with Crippen molar-refractivity contribution in [2.24, 2.45) is 0 Å². The highest BCUT2D eigenvalue weighted by Crippen LogP contribution is 2.18. The molecule has 0 unspecified atom stereocenters. The minimum absolute atomic E-state index is 0.821. The molecule has 0 N–H and O–H groups in total. The van der Waals surface area contributed by atoms with Gasteiger partial charge in [-0.05, 0) is 36.6 Å². The molecule has 17 heavy (non-hydrogen) atoms. The van der Waals surface area contributed by atoms with E-state index in [0.29, 0.717) is 0 Å². The summed E-state index contributed by atoms with van der Waals surface area (Å²) in [6.07, 6.45) is 8.80. The van der Waals surface area contributed by atoms with Gasteiger partial charge in [-0.2, -0.15) is 5.26 Å². The Morgan fingerprint density at radius 3 is 2.53 bits per heavy atom. The predicted molar refractivity (Wildman–Crippen MR) is 75.9 cm³/mol. The molecule has 0 spiro atoms. The summed E-state index contributed by atoms with van der Waals surface area (Å²) in [7, 11) is 0. The summed E-state index contributed by atoms with van der Waals surface area (Å²) in [5, 5.41) is 9.02. The number of aryl methyl sites for hydroxylation is 1. The van der Waals surface area contributed by atoms with Crippen molar-refractivity contribution in [3.05, 3.63) is 33.8 Å². The van der Waals surface area contributed by atoms with Gasteiger partial charge in [0.2, 0.25) is 0 Å². The molecule has 0 aliphatic heterocycles. The van der Waals surface area contributed by atoms with E-state index in [1.165, 1.54) is 44.1 Å². The van der Waals surface area contributed by atoms with Crippen LogP contribution in [0.25, 0.3) is 0 Å². The SMILES string of the molecule is CCCCCCCCc1cc(Br)ccc1C#N. The summed E-state index contributed by atoms with van der Waals surface area (Å²) in [5.41, 5.74) is 2.00. The van der Waals surface area contributed by atoms with Gasteiger partial charge in [-0.3, -0.25) is 0 Å². The second kappa shape index (κ2) is 8.31. The number of nitrogens with zero attached hydrogens (tertiary/aromatic N) is 1. The van der Waals surface area contributed by atoms with E-state index in [1.54, 1.807) is 0 Å². The van der Waals surface area contributed by atoms with Gasteiger partial charge in [0.15, 0.2) is 0 Å². The average Bonchev–Trinajstić information content (AvgIpc) is 2.34. The largest absolute Gasteiger partial charge is 0.192 e. The molecule has 0 fully saturated rings. The Morgan fingerprint density at radius 1 is 1.12 bits per heavy atom. The lowest BCUT2D eigenvalue weighted by molar-refractivity contribution is 0.607. The highest BCUT2D eigenvalue weighted by atomic mass is 79.9. The summed E-state index contributed by atoms with van der Waals surface area (Å²) in [5.74, 6) is 0. The van der Waals surface area contributed by atoms with Gasteiger partial charge in [0.05, 0.1) is 11.6 Å². The molecular formula is C15H20BrN. The first-order valence-electron chi connectivity index (χ1n) is 6.46. The predicted octanol–water partition coefficient (Wildman–Crippen LogP) is 5.22. The Kier molecular flexibility index (Phi) is 6.96. The third-order valence-corrected chi connectivity index (χ3v) is 3.48. The first-order chi connectivity index (χ1) is 8.27. The van der Waals surface area contributed by atoms with Crippen molar-refractivity contribution in [2.75, 3.05) is 0 Å². The zero-order valence-electron chi connectivity index (χ0n) is 10.5. The Morgan fingerprint density at radius 2 is 1.82 bits per heavy atom. The summed E-state index contributed by atoms with van der Waals surface area (Å²) >= 11 is 3.46. The average molecular weight is 294 g/mol. The minimum atomic E-state index is 0.821. The van der Waals surface area contributed by atoms with E-state index in [1.807, 2.05) is 12.1 Å². The molecule has 0 atom stereocenters. The number of unbranched alkanes of at least 4 members (excludes halogenated alkanes) is 5. The topological polar surface area (TPSA) is 23.8 Å². The van der Waals surface area contributed by atoms with E-state index < -0.39 is 0 Å². The third-order valence-electron chi connectivity index (χ3n) is 2.99. The van der Waals surface area contributed by atoms with Crippen molar-refractivity contribution >= 4 is 15.9 Å². The maximum atomic E-state index is 9.02. The van der Waals surface area contributed by atoms with Crippen LogP contribution in [0.2, 0.25) is 0 Å². The number of hydrogen-bond donors (Lipinski definition) is 0. The highest BCUT2D eigenvalue weighted by Gasteiger charge is 2.02. The third kappa shape index (κ3) is 5.37. The van der Waals surface area contributed by atoms with Gasteiger partial charge in [0, 0.05) is 4.47 Å². The Hall–Kier alpha value is -0.810. The van der Waals surface area contributed by atoms with Gasteiger partial charge in [-0.15, -0.1) is 0 Å². The monoisotopic (exact) mass is 293 g/mol. The lowest BCUT2D eigenvalue weighted by Gasteiger charge is -2.05. The summed E-state index contributed by atoms with van der Waals surface area (Å²) in [6, 6.07) is 8.17. The van der Waals surface area contributed by atoms with Gasteiger partial charge < -0.3 is 0 Å². The smallest absolute Gasteiger partial charge is 0.0994 e. The van der Waals surface area contributed by atoms with E-state index in [4.69, 9.17) is 5.26 Å². The summed E-state index contributed by atoms with van der Waals surface area (Å²) < 4.78 is 1.07. The number of hydrogen-bond acceptors (Lipinski definition) is 1. The van der Waals surface area contributed by atoms with Gasteiger partial charge in [0.1, 0.15) is 0 Å². The molecule has 0 bridgehead atoms. The van der Waals surface area contributed by atoms with Crippen molar-refractivity contribution in [1.82, 2.24) is 0 Å². The van der Waals surface area contributed by atoms with E-state index in [9.17, 15) is 0 Å². The lowest BCUT2D eigenvalue weighted by atomic mass is 10.0. The maximum Gasteiger partial charge on any atom is 0.0994 e. The van der Waals surface area contributed by atoms with Crippen molar-refractivity contribution < 1.29 is 0 Å². The quantitative estimate of drug-likeness (QED) is 0.632. The molecule has 0 saturated heterocycles.